The number of H-pyrrole nitrogens is 2. The number of aromatic amines is 2. The summed E-state index contributed by atoms with van der Waals surface area (Å²) in [6.45, 7) is 2.08. The van der Waals surface area contributed by atoms with Crippen LogP contribution in [0.25, 0.3) is 54.9 Å². The maximum Gasteiger partial charge on any atom is 0.177 e. The molecule has 0 bridgehead atoms. The summed E-state index contributed by atoms with van der Waals surface area (Å²) in [5, 5.41) is 9.44. The highest BCUT2D eigenvalue weighted by Crippen LogP contribution is 2.36. The Kier molecular flexibility index (Phi) is 3.97. The van der Waals surface area contributed by atoms with Crippen LogP contribution in [-0.2, 0) is 0 Å². The first-order valence-electron chi connectivity index (χ1n) is 9.80. The van der Waals surface area contributed by atoms with Crippen LogP contribution in [0.5, 0.6) is 0 Å². The standard InChI is InChI=1S/C24H16FN5S/c1-13-6-8-26-12-17(13)14-2-3-19-15(10-14)23(30-29-19)20-11-16-18(28-20)7-9-27-24(16)21-4-5-22(25)31-21/h2-12,28H,1H3,(H,29,30). The molecule has 31 heavy (non-hydrogen) atoms. The maximum atomic E-state index is 13.6. The number of thiophene rings is 1. The van der Waals surface area contributed by atoms with Crippen molar-refractivity contribution in [3.05, 3.63) is 77.8 Å². The van der Waals surface area contributed by atoms with Crippen LogP contribution in [0, 0.1) is 12.1 Å². The number of hydrogen-bond acceptors (Lipinski definition) is 4. The molecule has 0 aliphatic heterocycles. The quantitative estimate of drug-likeness (QED) is 0.347. The van der Waals surface area contributed by atoms with Crippen molar-refractivity contribution < 1.29 is 4.39 Å². The van der Waals surface area contributed by atoms with E-state index in [1.807, 2.05) is 30.5 Å². The third kappa shape index (κ3) is 2.93. The summed E-state index contributed by atoms with van der Waals surface area (Å²) < 4.78 is 13.6. The molecule has 6 rings (SSSR count). The van der Waals surface area contributed by atoms with Gasteiger partial charge in [-0.15, -0.1) is 11.3 Å². The Bertz CT molecular complexity index is 1580. The van der Waals surface area contributed by atoms with Gasteiger partial charge in [-0.1, -0.05) is 6.07 Å². The number of pyridine rings is 2. The van der Waals surface area contributed by atoms with Crippen molar-refractivity contribution in [1.82, 2.24) is 25.1 Å². The molecule has 2 N–H and O–H groups in total. The molecule has 0 radical (unpaired) electrons. The van der Waals surface area contributed by atoms with E-state index in [9.17, 15) is 4.39 Å². The third-order valence-corrected chi connectivity index (χ3v) is 6.40. The number of nitrogens with one attached hydrogen (secondary N) is 2. The van der Waals surface area contributed by atoms with Crippen LogP contribution in [0.4, 0.5) is 4.39 Å². The van der Waals surface area contributed by atoms with Crippen molar-refractivity contribution >= 4 is 33.1 Å². The van der Waals surface area contributed by atoms with Crippen molar-refractivity contribution in [2.45, 2.75) is 6.92 Å². The summed E-state index contributed by atoms with van der Waals surface area (Å²) in [6, 6.07) is 15.5. The van der Waals surface area contributed by atoms with Gasteiger partial charge in [-0.2, -0.15) is 9.49 Å². The van der Waals surface area contributed by atoms with Crippen molar-refractivity contribution in [1.29, 1.82) is 0 Å². The molecule has 150 valence electrons. The first-order valence-corrected chi connectivity index (χ1v) is 10.6. The second-order valence-corrected chi connectivity index (χ2v) is 8.46. The van der Waals surface area contributed by atoms with E-state index < -0.39 is 0 Å². The second kappa shape index (κ2) is 6.85. The molecule has 0 fully saturated rings. The number of aryl methyl sites for hydroxylation is 1. The molecular formula is C24H16FN5S. The summed E-state index contributed by atoms with van der Waals surface area (Å²) in [7, 11) is 0. The summed E-state index contributed by atoms with van der Waals surface area (Å²) in [4.78, 5) is 13.0. The number of rotatable bonds is 3. The molecule has 0 saturated carbocycles. The summed E-state index contributed by atoms with van der Waals surface area (Å²) in [5.41, 5.74) is 7.73. The lowest BCUT2D eigenvalue weighted by atomic mass is 10.0. The Labute approximate surface area is 180 Å². The van der Waals surface area contributed by atoms with Gasteiger partial charge in [0.2, 0.25) is 0 Å². The Morgan fingerprint density at radius 1 is 0.903 bits per heavy atom. The molecule has 5 nitrogen and oxygen atoms in total. The van der Waals surface area contributed by atoms with Crippen LogP contribution in [0.1, 0.15) is 5.56 Å². The smallest absolute Gasteiger partial charge is 0.177 e. The van der Waals surface area contributed by atoms with E-state index in [1.54, 1.807) is 18.5 Å². The Balaban J connectivity index is 1.52. The molecule has 7 heteroatoms. The molecule has 0 aliphatic carbocycles. The minimum Gasteiger partial charge on any atom is -0.353 e. The second-order valence-electron chi connectivity index (χ2n) is 7.43. The van der Waals surface area contributed by atoms with E-state index in [1.165, 1.54) is 11.6 Å². The van der Waals surface area contributed by atoms with Gasteiger partial charge < -0.3 is 4.98 Å². The van der Waals surface area contributed by atoms with Gasteiger partial charge in [0.15, 0.2) is 5.13 Å². The van der Waals surface area contributed by atoms with Gasteiger partial charge in [-0.25, -0.2) is 0 Å². The first kappa shape index (κ1) is 18.0. The lowest BCUT2D eigenvalue weighted by Crippen LogP contribution is -1.85. The number of fused-ring (bicyclic) bond motifs is 2. The Morgan fingerprint density at radius 3 is 2.65 bits per heavy atom. The molecule has 5 heterocycles. The Hall–Kier alpha value is -3.84. The van der Waals surface area contributed by atoms with Crippen LogP contribution in [0.15, 0.2) is 67.1 Å². The molecule has 6 aromatic rings. The summed E-state index contributed by atoms with van der Waals surface area (Å²) >= 11 is 1.10. The van der Waals surface area contributed by atoms with E-state index in [0.717, 1.165) is 66.2 Å². The maximum absolute atomic E-state index is 13.6. The lowest BCUT2D eigenvalue weighted by molar-refractivity contribution is 0.657. The van der Waals surface area contributed by atoms with E-state index in [-0.39, 0.29) is 5.13 Å². The van der Waals surface area contributed by atoms with Gasteiger partial charge in [0.25, 0.3) is 0 Å². The number of benzene rings is 1. The van der Waals surface area contributed by atoms with E-state index >= 15 is 0 Å². The minimum absolute atomic E-state index is 0.221. The topological polar surface area (TPSA) is 70.2 Å². The summed E-state index contributed by atoms with van der Waals surface area (Å²) in [6.07, 6.45) is 5.43. The van der Waals surface area contributed by atoms with Crippen molar-refractivity contribution in [3.8, 4) is 33.1 Å². The van der Waals surface area contributed by atoms with Gasteiger partial charge in [-0.05, 0) is 60.5 Å². The van der Waals surface area contributed by atoms with E-state index in [0.29, 0.717) is 0 Å². The fourth-order valence-electron chi connectivity index (χ4n) is 3.97. The zero-order chi connectivity index (χ0) is 20.9. The normalized spacial score (nSPS) is 11.5. The van der Waals surface area contributed by atoms with Crippen molar-refractivity contribution in [3.63, 3.8) is 0 Å². The van der Waals surface area contributed by atoms with Crippen LogP contribution >= 0.6 is 11.3 Å². The number of halogens is 1. The van der Waals surface area contributed by atoms with Crippen LogP contribution in [-0.4, -0.2) is 25.1 Å². The van der Waals surface area contributed by atoms with Crippen LogP contribution < -0.4 is 0 Å². The monoisotopic (exact) mass is 425 g/mol. The first-order chi connectivity index (χ1) is 15.2. The fraction of sp³-hybridized carbons (Fsp3) is 0.0417. The predicted molar refractivity (Wildman–Crippen MR) is 122 cm³/mol. The van der Waals surface area contributed by atoms with Gasteiger partial charge >= 0.3 is 0 Å². The number of hydrogen-bond donors (Lipinski definition) is 2. The molecular weight excluding hydrogens is 409 g/mol. The molecule has 0 amide bonds. The molecule has 5 aromatic heterocycles. The zero-order valence-electron chi connectivity index (χ0n) is 16.5. The molecule has 0 aliphatic rings. The highest BCUT2D eigenvalue weighted by molar-refractivity contribution is 7.13. The van der Waals surface area contributed by atoms with Gasteiger partial charge in [0, 0.05) is 40.4 Å². The molecule has 0 unspecified atom stereocenters. The van der Waals surface area contributed by atoms with Gasteiger partial charge in [0.1, 0.15) is 5.69 Å². The highest BCUT2D eigenvalue weighted by atomic mass is 32.1. The zero-order valence-corrected chi connectivity index (χ0v) is 17.3. The average molecular weight is 425 g/mol. The lowest BCUT2D eigenvalue weighted by Gasteiger charge is -2.05. The van der Waals surface area contributed by atoms with Crippen molar-refractivity contribution in [2.24, 2.45) is 0 Å². The molecule has 0 spiro atoms. The van der Waals surface area contributed by atoms with E-state index in [4.69, 9.17) is 0 Å². The van der Waals surface area contributed by atoms with Crippen LogP contribution in [0.2, 0.25) is 0 Å². The summed E-state index contributed by atoms with van der Waals surface area (Å²) in [5.74, 6) is 0. The largest absolute Gasteiger partial charge is 0.353 e. The van der Waals surface area contributed by atoms with Crippen molar-refractivity contribution in [2.75, 3.05) is 0 Å². The number of aromatic nitrogens is 5. The molecule has 1 aromatic carbocycles. The fourth-order valence-corrected chi connectivity index (χ4v) is 4.71. The van der Waals surface area contributed by atoms with Crippen LogP contribution in [0.3, 0.4) is 0 Å². The SMILES string of the molecule is Cc1ccncc1-c1ccc2[nH]nc(-c3cc4c(-c5ccc(F)s5)nccc4[nH]3)c2c1. The molecule has 0 saturated heterocycles. The Morgan fingerprint density at radius 2 is 1.81 bits per heavy atom. The number of nitrogens with zero attached hydrogens (tertiary/aromatic N) is 3. The van der Waals surface area contributed by atoms with E-state index in [2.05, 4.69) is 44.2 Å². The highest BCUT2D eigenvalue weighted by Gasteiger charge is 2.16. The minimum atomic E-state index is -0.221. The molecule has 0 atom stereocenters. The average Bonchev–Trinajstić information content (AvgIpc) is 3.50. The predicted octanol–water partition coefficient (Wildman–Crippen LogP) is 6.34. The third-order valence-electron chi connectivity index (χ3n) is 5.52. The van der Waals surface area contributed by atoms with Gasteiger partial charge in [-0.3, -0.25) is 15.1 Å². The van der Waals surface area contributed by atoms with Gasteiger partial charge in [0.05, 0.1) is 21.8 Å².